The van der Waals surface area contributed by atoms with E-state index in [2.05, 4.69) is 15.9 Å². The van der Waals surface area contributed by atoms with Gasteiger partial charge in [0.25, 0.3) is 5.91 Å². The van der Waals surface area contributed by atoms with Crippen molar-refractivity contribution in [2.75, 3.05) is 19.7 Å². The Hall–Kier alpha value is -1.01. The zero-order valence-electron chi connectivity index (χ0n) is 9.75. The first-order valence-electron chi connectivity index (χ1n) is 5.55. The molecule has 98 valence electrons. The van der Waals surface area contributed by atoms with E-state index in [-0.39, 0.29) is 10.6 Å². The fourth-order valence-electron chi connectivity index (χ4n) is 1.88. The Morgan fingerprint density at radius 1 is 1.50 bits per heavy atom. The zero-order valence-corrected chi connectivity index (χ0v) is 11.3. The van der Waals surface area contributed by atoms with Gasteiger partial charge in [0.05, 0.1) is 17.2 Å². The highest BCUT2D eigenvalue weighted by molar-refractivity contribution is 9.10. The molecule has 1 aliphatic rings. The molecule has 1 aromatic rings. The lowest BCUT2D eigenvalue weighted by Gasteiger charge is -2.31. The monoisotopic (exact) mass is 319 g/mol. The molecular weight excluding hydrogens is 308 g/mol. The largest absolute Gasteiger partial charge is 0.375 e. The van der Waals surface area contributed by atoms with E-state index in [1.54, 1.807) is 0 Å². The summed E-state index contributed by atoms with van der Waals surface area (Å²) >= 11 is 2.95. The number of morpholine rings is 1. The average molecular weight is 320 g/mol. The minimum absolute atomic E-state index is 0.0774. The van der Waals surface area contributed by atoms with Gasteiger partial charge in [-0.1, -0.05) is 0 Å². The Morgan fingerprint density at radius 2 is 2.22 bits per heavy atom. The smallest absolute Gasteiger partial charge is 0.260 e. The third-order valence-electron chi connectivity index (χ3n) is 2.79. The normalized spacial score (nSPS) is 20.0. The Morgan fingerprint density at radius 3 is 2.89 bits per heavy atom. The van der Waals surface area contributed by atoms with Gasteiger partial charge < -0.3 is 9.64 Å². The van der Waals surface area contributed by atoms with Gasteiger partial charge in [0.1, 0.15) is 11.4 Å². The van der Waals surface area contributed by atoms with Crippen LogP contribution in [0.15, 0.2) is 16.6 Å². The van der Waals surface area contributed by atoms with Crippen LogP contribution in [0.1, 0.15) is 17.3 Å². The second kappa shape index (κ2) is 5.32. The molecule has 18 heavy (non-hydrogen) atoms. The van der Waals surface area contributed by atoms with Crippen LogP contribution in [-0.4, -0.2) is 36.6 Å². The highest BCUT2D eigenvalue weighted by Crippen LogP contribution is 2.23. The van der Waals surface area contributed by atoms with Gasteiger partial charge in [0, 0.05) is 13.1 Å². The van der Waals surface area contributed by atoms with Gasteiger partial charge in [-0.2, -0.15) is 0 Å². The van der Waals surface area contributed by atoms with Crippen molar-refractivity contribution in [2.45, 2.75) is 13.0 Å². The Kier molecular flexibility index (Phi) is 3.97. The quantitative estimate of drug-likeness (QED) is 0.745. The first kappa shape index (κ1) is 13.4. The maximum Gasteiger partial charge on any atom is 0.260 e. The van der Waals surface area contributed by atoms with Gasteiger partial charge in [-0.3, -0.25) is 4.79 Å². The van der Waals surface area contributed by atoms with Crippen LogP contribution in [0.4, 0.5) is 8.78 Å². The fraction of sp³-hybridized carbons (Fsp3) is 0.417. The summed E-state index contributed by atoms with van der Waals surface area (Å²) in [7, 11) is 0. The third-order valence-corrected chi connectivity index (χ3v) is 3.40. The van der Waals surface area contributed by atoms with Crippen molar-refractivity contribution < 1.29 is 18.3 Å². The average Bonchev–Trinajstić information content (AvgIpc) is 2.34. The van der Waals surface area contributed by atoms with E-state index >= 15 is 0 Å². The van der Waals surface area contributed by atoms with Crippen LogP contribution in [-0.2, 0) is 4.74 Å². The second-order valence-corrected chi connectivity index (χ2v) is 5.01. The molecule has 0 saturated carbocycles. The number of halogens is 3. The standard InChI is InChI=1S/C12H12BrF2NO2/c1-7-6-16(4-5-18-7)12(17)10-9(14)3-2-8(13)11(10)15/h2-3,7H,4-6H2,1H3/t7-/m0/s1. The molecular formula is C12H12BrF2NO2. The summed E-state index contributed by atoms with van der Waals surface area (Å²) in [5, 5.41) is 0. The summed E-state index contributed by atoms with van der Waals surface area (Å²) in [6.45, 7) is 2.87. The van der Waals surface area contributed by atoms with E-state index in [0.29, 0.717) is 19.7 Å². The highest BCUT2D eigenvalue weighted by Gasteiger charge is 2.27. The number of ether oxygens (including phenoxy) is 1. The Labute approximate surface area is 112 Å². The van der Waals surface area contributed by atoms with Crippen molar-refractivity contribution in [2.24, 2.45) is 0 Å². The molecule has 0 spiro atoms. The predicted octanol–water partition coefficient (Wildman–Crippen LogP) is 2.59. The molecule has 1 saturated heterocycles. The Bertz CT molecular complexity index is 481. The van der Waals surface area contributed by atoms with Crippen molar-refractivity contribution >= 4 is 21.8 Å². The lowest BCUT2D eigenvalue weighted by Crippen LogP contribution is -2.45. The van der Waals surface area contributed by atoms with Crippen LogP contribution in [0.3, 0.4) is 0 Å². The van der Waals surface area contributed by atoms with Gasteiger partial charge in [-0.25, -0.2) is 8.78 Å². The van der Waals surface area contributed by atoms with Crippen LogP contribution in [0, 0.1) is 11.6 Å². The predicted molar refractivity (Wildman–Crippen MR) is 65.4 cm³/mol. The molecule has 6 heteroatoms. The number of amides is 1. The maximum absolute atomic E-state index is 13.8. The summed E-state index contributed by atoms with van der Waals surface area (Å²) in [5.74, 6) is -2.35. The molecule has 3 nitrogen and oxygen atoms in total. The van der Waals surface area contributed by atoms with Crippen LogP contribution in [0.25, 0.3) is 0 Å². The van der Waals surface area contributed by atoms with E-state index in [9.17, 15) is 13.6 Å². The summed E-state index contributed by atoms with van der Waals surface area (Å²) in [4.78, 5) is 13.5. The molecule has 2 rings (SSSR count). The number of hydrogen-bond donors (Lipinski definition) is 0. The highest BCUT2D eigenvalue weighted by atomic mass is 79.9. The van der Waals surface area contributed by atoms with E-state index in [1.165, 1.54) is 11.0 Å². The summed E-state index contributed by atoms with van der Waals surface area (Å²) < 4.78 is 32.8. The molecule has 0 unspecified atom stereocenters. The van der Waals surface area contributed by atoms with Crippen molar-refractivity contribution in [3.63, 3.8) is 0 Å². The molecule has 1 aliphatic heterocycles. The number of carbonyl (C=O) groups is 1. The molecule has 0 radical (unpaired) electrons. The third kappa shape index (κ3) is 2.54. The number of benzene rings is 1. The van der Waals surface area contributed by atoms with Gasteiger partial charge in [-0.05, 0) is 35.0 Å². The van der Waals surface area contributed by atoms with E-state index in [1.807, 2.05) is 6.92 Å². The topological polar surface area (TPSA) is 29.5 Å². The van der Waals surface area contributed by atoms with E-state index in [0.717, 1.165) is 6.07 Å². The van der Waals surface area contributed by atoms with Crippen molar-refractivity contribution in [3.8, 4) is 0 Å². The fourth-order valence-corrected chi connectivity index (χ4v) is 2.21. The second-order valence-electron chi connectivity index (χ2n) is 4.15. The minimum Gasteiger partial charge on any atom is -0.375 e. The lowest BCUT2D eigenvalue weighted by atomic mass is 10.1. The summed E-state index contributed by atoms with van der Waals surface area (Å²) in [6.07, 6.45) is -0.124. The van der Waals surface area contributed by atoms with Crippen molar-refractivity contribution in [1.29, 1.82) is 0 Å². The molecule has 1 aromatic carbocycles. The van der Waals surface area contributed by atoms with Gasteiger partial charge in [-0.15, -0.1) is 0 Å². The summed E-state index contributed by atoms with van der Waals surface area (Å²) in [5.41, 5.74) is -0.515. The molecule has 0 aromatic heterocycles. The van der Waals surface area contributed by atoms with E-state index < -0.39 is 23.1 Å². The van der Waals surface area contributed by atoms with Crippen LogP contribution in [0.2, 0.25) is 0 Å². The van der Waals surface area contributed by atoms with Crippen LogP contribution >= 0.6 is 15.9 Å². The SMILES string of the molecule is C[C@H]1CN(C(=O)c2c(F)ccc(Br)c2F)CCO1. The zero-order chi connectivity index (χ0) is 13.3. The Balaban J connectivity index is 2.31. The van der Waals surface area contributed by atoms with Crippen molar-refractivity contribution in [1.82, 2.24) is 4.90 Å². The first-order chi connectivity index (χ1) is 8.50. The minimum atomic E-state index is -0.862. The number of nitrogens with zero attached hydrogens (tertiary/aromatic N) is 1. The maximum atomic E-state index is 13.8. The van der Waals surface area contributed by atoms with Gasteiger partial charge >= 0.3 is 0 Å². The molecule has 1 atom stereocenters. The summed E-state index contributed by atoms with van der Waals surface area (Å²) in [6, 6.07) is 2.31. The molecule has 1 heterocycles. The number of rotatable bonds is 1. The molecule has 0 bridgehead atoms. The molecule has 0 aliphatic carbocycles. The van der Waals surface area contributed by atoms with E-state index in [4.69, 9.17) is 4.74 Å². The molecule has 1 fully saturated rings. The number of hydrogen-bond acceptors (Lipinski definition) is 2. The van der Waals surface area contributed by atoms with Crippen LogP contribution in [0.5, 0.6) is 0 Å². The van der Waals surface area contributed by atoms with Gasteiger partial charge in [0.2, 0.25) is 0 Å². The first-order valence-corrected chi connectivity index (χ1v) is 6.34. The van der Waals surface area contributed by atoms with Crippen LogP contribution < -0.4 is 0 Å². The van der Waals surface area contributed by atoms with Crippen molar-refractivity contribution in [3.05, 3.63) is 33.8 Å². The lowest BCUT2D eigenvalue weighted by molar-refractivity contribution is -0.0127. The number of carbonyl (C=O) groups excluding carboxylic acids is 1. The molecule has 1 amide bonds. The van der Waals surface area contributed by atoms with Gasteiger partial charge in [0.15, 0.2) is 5.82 Å². The molecule has 0 N–H and O–H groups in total.